The van der Waals surface area contributed by atoms with E-state index in [0.29, 0.717) is 32.6 Å². The molecule has 8 heteroatoms. The van der Waals surface area contributed by atoms with Crippen LogP contribution in [0.4, 0.5) is 4.39 Å². The van der Waals surface area contributed by atoms with Gasteiger partial charge in [0, 0.05) is 45.1 Å². The van der Waals surface area contributed by atoms with Crippen LogP contribution in [0.2, 0.25) is 0 Å². The summed E-state index contributed by atoms with van der Waals surface area (Å²) in [6, 6.07) is 4.79. The first-order valence-electron chi connectivity index (χ1n) is 10.8. The fourth-order valence-electron chi connectivity index (χ4n) is 5.04. The average Bonchev–Trinajstić information content (AvgIpc) is 2.76. The van der Waals surface area contributed by atoms with Crippen LogP contribution >= 0.6 is 0 Å². The molecule has 1 aromatic rings. The van der Waals surface area contributed by atoms with E-state index < -0.39 is 5.82 Å². The quantitative estimate of drug-likeness (QED) is 0.782. The van der Waals surface area contributed by atoms with E-state index in [-0.39, 0.29) is 41.2 Å². The fourth-order valence-corrected chi connectivity index (χ4v) is 5.04. The zero-order chi connectivity index (χ0) is 21.3. The molecule has 2 N–H and O–H groups in total. The van der Waals surface area contributed by atoms with Crippen LogP contribution in [0, 0.1) is 17.7 Å². The van der Waals surface area contributed by atoms with Gasteiger partial charge in [0.05, 0.1) is 5.56 Å². The van der Waals surface area contributed by atoms with Gasteiger partial charge in [0.15, 0.2) is 0 Å². The Kier molecular flexibility index (Phi) is 6.04. The van der Waals surface area contributed by atoms with Gasteiger partial charge in [-0.3, -0.25) is 19.8 Å². The Hall–Kier alpha value is -2.48. The normalized spacial score (nSPS) is 26.7. The van der Waals surface area contributed by atoms with Crippen molar-refractivity contribution in [1.82, 2.24) is 20.7 Å². The van der Waals surface area contributed by atoms with Crippen LogP contribution in [0.3, 0.4) is 0 Å². The Morgan fingerprint density at radius 1 is 1.10 bits per heavy atom. The van der Waals surface area contributed by atoms with Gasteiger partial charge in [-0.15, -0.1) is 0 Å². The number of carbonyl (C=O) groups is 3. The number of hydrazine groups is 1. The molecule has 162 valence electrons. The van der Waals surface area contributed by atoms with Crippen molar-refractivity contribution in [3.05, 3.63) is 35.1 Å². The zero-order valence-corrected chi connectivity index (χ0v) is 17.3. The van der Waals surface area contributed by atoms with Gasteiger partial charge in [0.25, 0.3) is 5.91 Å². The summed E-state index contributed by atoms with van der Waals surface area (Å²) in [7, 11) is 0. The summed E-state index contributed by atoms with van der Waals surface area (Å²) >= 11 is 0. The van der Waals surface area contributed by atoms with Crippen LogP contribution < -0.4 is 10.9 Å². The van der Waals surface area contributed by atoms with E-state index >= 15 is 0 Å². The Morgan fingerprint density at radius 3 is 2.53 bits per heavy atom. The van der Waals surface area contributed by atoms with Crippen molar-refractivity contribution in [2.45, 2.75) is 45.1 Å². The Labute approximate surface area is 175 Å². The van der Waals surface area contributed by atoms with Gasteiger partial charge in [-0.05, 0) is 42.9 Å². The lowest BCUT2D eigenvalue weighted by Crippen LogP contribution is -2.60. The number of hydrogen-bond donors (Lipinski definition) is 2. The molecule has 0 bridgehead atoms. The summed E-state index contributed by atoms with van der Waals surface area (Å²) in [5, 5.41) is 0. The molecule has 3 atom stereocenters. The van der Waals surface area contributed by atoms with Crippen LogP contribution in [0.5, 0.6) is 0 Å². The molecule has 1 aliphatic carbocycles. The van der Waals surface area contributed by atoms with Crippen LogP contribution in [0.1, 0.15) is 48.5 Å². The summed E-state index contributed by atoms with van der Waals surface area (Å²) in [6.45, 7) is 3.26. The predicted octanol–water partition coefficient (Wildman–Crippen LogP) is 1.48. The summed E-state index contributed by atoms with van der Waals surface area (Å²) in [5.41, 5.74) is 6.88. The number of fused-ring (bicyclic) bond motifs is 1. The van der Waals surface area contributed by atoms with E-state index in [0.717, 1.165) is 31.2 Å². The summed E-state index contributed by atoms with van der Waals surface area (Å²) in [6.07, 6.45) is 4.73. The highest BCUT2D eigenvalue weighted by molar-refractivity contribution is 5.95. The third-order valence-electron chi connectivity index (χ3n) is 6.78. The fraction of sp³-hybridized carbons (Fsp3) is 0.591. The number of halogens is 1. The second kappa shape index (κ2) is 8.71. The number of benzene rings is 1. The first-order chi connectivity index (χ1) is 14.4. The molecule has 4 rings (SSSR count). The van der Waals surface area contributed by atoms with Crippen molar-refractivity contribution >= 4 is 17.7 Å². The van der Waals surface area contributed by atoms with E-state index in [4.69, 9.17) is 0 Å². The first kappa shape index (κ1) is 20.8. The Bertz CT molecular complexity index is 838. The lowest BCUT2D eigenvalue weighted by atomic mass is 9.72. The third-order valence-corrected chi connectivity index (χ3v) is 6.78. The van der Waals surface area contributed by atoms with Crippen molar-refractivity contribution in [3.63, 3.8) is 0 Å². The van der Waals surface area contributed by atoms with E-state index in [2.05, 4.69) is 10.9 Å². The third kappa shape index (κ3) is 4.19. The van der Waals surface area contributed by atoms with Gasteiger partial charge >= 0.3 is 0 Å². The number of nitrogens with zero attached hydrogens (tertiary/aromatic N) is 2. The minimum atomic E-state index is -0.529. The second-order valence-electron chi connectivity index (χ2n) is 8.61. The highest BCUT2D eigenvalue weighted by Gasteiger charge is 2.39. The number of nitrogens with one attached hydrogen (secondary N) is 2. The number of amides is 3. The first-order valence-corrected chi connectivity index (χ1v) is 10.8. The van der Waals surface area contributed by atoms with Gasteiger partial charge < -0.3 is 9.80 Å². The molecule has 7 nitrogen and oxygen atoms in total. The smallest absolute Gasteiger partial charge is 0.256 e. The predicted molar refractivity (Wildman–Crippen MR) is 109 cm³/mol. The van der Waals surface area contributed by atoms with Crippen LogP contribution in [-0.4, -0.2) is 59.7 Å². The maximum atomic E-state index is 14.5. The van der Waals surface area contributed by atoms with Gasteiger partial charge in [-0.1, -0.05) is 18.9 Å². The molecule has 0 spiro atoms. The SMILES string of the molecule is CC(=O)N1CCN(C(=O)c2cc(CC3NNC(=O)C4CCCCC34)ccc2F)CC1. The molecule has 3 amide bonds. The standard InChI is InChI=1S/C22H29FN4O3/c1-14(28)26-8-10-27(11-9-26)22(30)18-12-15(6-7-19(18)23)13-20-16-4-2-3-5-17(16)21(29)25-24-20/h6-7,12,16-17,20,24H,2-5,8-11,13H2,1H3,(H,25,29). The number of hydrogen-bond acceptors (Lipinski definition) is 4. The molecule has 2 heterocycles. The van der Waals surface area contributed by atoms with Crippen LogP contribution in [0.25, 0.3) is 0 Å². The zero-order valence-electron chi connectivity index (χ0n) is 17.3. The highest BCUT2D eigenvalue weighted by Crippen LogP contribution is 2.35. The summed E-state index contributed by atoms with van der Waals surface area (Å²) < 4.78 is 14.5. The highest BCUT2D eigenvalue weighted by atomic mass is 19.1. The lowest BCUT2D eigenvalue weighted by molar-refractivity contribution is -0.133. The molecular weight excluding hydrogens is 387 g/mol. The molecule has 30 heavy (non-hydrogen) atoms. The molecule has 0 radical (unpaired) electrons. The van der Waals surface area contributed by atoms with E-state index in [1.165, 1.54) is 13.0 Å². The largest absolute Gasteiger partial charge is 0.339 e. The van der Waals surface area contributed by atoms with Crippen molar-refractivity contribution in [1.29, 1.82) is 0 Å². The van der Waals surface area contributed by atoms with E-state index in [1.54, 1.807) is 21.9 Å². The van der Waals surface area contributed by atoms with E-state index in [1.807, 2.05) is 0 Å². The van der Waals surface area contributed by atoms with Crippen LogP contribution in [0.15, 0.2) is 18.2 Å². The molecule has 0 aromatic heterocycles. The summed E-state index contributed by atoms with van der Waals surface area (Å²) in [4.78, 5) is 39.9. The molecule has 3 fully saturated rings. The number of rotatable bonds is 3. The van der Waals surface area contributed by atoms with Gasteiger partial charge in [-0.2, -0.15) is 0 Å². The maximum absolute atomic E-state index is 14.5. The average molecular weight is 416 g/mol. The molecule has 3 aliphatic rings. The van der Waals surface area contributed by atoms with Gasteiger partial charge in [0.1, 0.15) is 5.82 Å². The van der Waals surface area contributed by atoms with Crippen molar-refractivity contribution < 1.29 is 18.8 Å². The van der Waals surface area contributed by atoms with Gasteiger partial charge in [0.2, 0.25) is 11.8 Å². The maximum Gasteiger partial charge on any atom is 0.256 e. The Morgan fingerprint density at radius 2 is 1.80 bits per heavy atom. The molecule has 1 saturated carbocycles. The molecular formula is C22H29FN4O3. The topological polar surface area (TPSA) is 81.8 Å². The minimum absolute atomic E-state index is 0.0108. The second-order valence-corrected chi connectivity index (χ2v) is 8.61. The lowest BCUT2D eigenvalue weighted by Gasteiger charge is -2.41. The molecule has 2 aliphatic heterocycles. The van der Waals surface area contributed by atoms with E-state index in [9.17, 15) is 18.8 Å². The number of carbonyl (C=O) groups excluding carboxylic acids is 3. The molecule has 2 saturated heterocycles. The van der Waals surface area contributed by atoms with Crippen LogP contribution in [-0.2, 0) is 16.0 Å². The monoisotopic (exact) mass is 416 g/mol. The minimum Gasteiger partial charge on any atom is -0.339 e. The van der Waals surface area contributed by atoms with Crippen molar-refractivity contribution in [2.24, 2.45) is 11.8 Å². The molecule has 3 unspecified atom stereocenters. The van der Waals surface area contributed by atoms with Crippen molar-refractivity contribution in [2.75, 3.05) is 26.2 Å². The Balaban J connectivity index is 1.46. The summed E-state index contributed by atoms with van der Waals surface area (Å²) in [5.74, 6) is -0.518. The number of piperazine rings is 1. The van der Waals surface area contributed by atoms with Gasteiger partial charge in [-0.25, -0.2) is 9.82 Å². The van der Waals surface area contributed by atoms with Crippen molar-refractivity contribution in [3.8, 4) is 0 Å². The molecule has 1 aromatic carbocycles.